The third kappa shape index (κ3) is 4.59. The molecular formula is C14H17BrFNO3. The lowest BCUT2D eigenvalue weighted by Gasteiger charge is -2.27. The SMILES string of the molecule is CCC(C)N(CC(=O)O)C(=O)Cc1cc(F)ccc1Br. The minimum atomic E-state index is -1.06. The summed E-state index contributed by atoms with van der Waals surface area (Å²) in [7, 11) is 0. The number of rotatable bonds is 6. The van der Waals surface area contributed by atoms with Crippen molar-refractivity contribution in [2.24, 2.45) is 0 Å². The van der Waals surface area contributed by atoms with E-state index in [1.165, 1.54) is 23.1 Å². The van der Waals surface area contributed by atoms with Crippen molar-refractivity contribution in [1.29, 1.82) is 0 Å². The maximum absolute atomic E-state index is 13.2. The molecule has 1 aromatic rings. The van der Waals surface area contributed by atoms with Crippen molar-refractivity contribution in [3.8, 4) is 0 Å². The van der Waals surface area contributed by atoms with E-state index in [4.69, 9.17) is 5.11 Å². The number of carbonyl (C=O) groups is 2. The quantitative estimate of drug-likeness (QED) is 0.862. The summed E-state index contributed by atoms with van der Waals surface area (Å²) < 4.78 is 13.8. The average molecular weight is 346 g/mol. The van der Waals surface area contributed by atoms with Gasteiger partial charge in [-0.25, -0.2) is 4.39 Å². The predicted octanol–water partition coefficient (Wildman–Crippen LogP) is 2.84. The summed E-state index contributed by atoms with van der Waals surface area (Å²) in [4.78, 5) is 24.4. The largest absolute Gasteiger partial charge is 0.480 e. The number of halogens is 2. The highest BCUT2D eigenvalue weighted by Crippen LogP contribution is 2.19. The highest BCUT2D eigenvalue weighted by molar-refractivity contribution is 9.10. The van der Waals surface area contributed by atoms with Gasteiger partial charge in [0.15, 0.2) is 0 Å². The van der Waals surface area contributed by atoms with Crippen LogP contribution in [0.25, 0.3) is 0 Å². The predicted molar refractivity (Wildman–Crippen MR) is 76.9 cm³/mol. The molecule has 1 unspecified atom stereocenters. The summed E-state index contributed by atoms with van der Waals surface area (Å²) in [6.45, 7) is 3.33. The molecule has 0 aromatic heterocycles. The van der Waals surface area contributed by atoms with E-state index in [-0.39, 0.29) is 24.9 Å². The van der Waals surface area contributed by atoms with Gasteiger partial charge in [-0.1, -0.05) is 22.9 Å². The molecule has 1 atom stereocenters. The topological polar surface area (TPSA) is 57.6 Å². The molecule has 0 bridgehead atoms. The van der Waals surface area contributed by atoms with E-state index in [9.17, 15) is 14.0 Å². The van der Waals surface area contributed by atoms with Crippen molar-refractivity contribution >= 4 is 27.8 Å². The zero-order valence-electron chi connectivity index (χ0n) is 11.4. The van der Waals surface area contributed by atoms with Crippen LogP contribution in [-0.2, 0) is 16.0 Å². The first-order valence-corrected chi connectivity index (χ1v) is 7.09. The van der Waals surface area contributed by atoms with Crippen LogP contribution in [0, 0.1) is 5.82 Å². The molecular weight excluding hydrogens is 329 g/mol. The Hall–Kier alpha value is -1.43. The first-order chi connectivity index (χ1) is 9.35. The Morgan fingerprint density at radius 3 is 2.65 bits per heavy atom. The van der Waals surface area contributed by atoms with Crippen molar-refractivity contribution in [2.45, 2.75) is 32.7 Å². The van der Waals surface area contributed by atoms with Crippen LogP contribution in [0.15, 0.2) is 22.7 Å². The minimum absolute atomic E-state index is 0.0318. The van der Waals surface area contributed by atoms with Crippen molar-refractivity contribution in [1.82, 2.24) is 4.90 Å². The van der Waals surface area contributed by atoms with Crippen molar-refractivity contribution in [3.05, 3.63) is 34.1 Å². The Labute approximate surface area is 125 Å². The standard InChI is InChI=1S/C14H17BrFNO3/c1-3-9(2)17(8-14(19)20)13(18)7-10-6-11(16)4-5-12(10)15/h4-6,9H,3,7-8H2,1-2H3,(H,19,20). The Kier molecular flexibility index (Phi) is 6.13. The molecule has 0 heterocycles. The van der Waals surface area contributed by atoms with Crippen LogP contribution < -0.4 is 0 Å². The molecule has 0 saturated carbocycles. The number of carboxylic acid groups (broad SMARTS) is 1. The first kappa shape index (κ1) is 16.6. The molecule has 1 N–H and O–H groups in total. The lowest BCUT2D eigenvalue weighted by atomic mass is 10.1. The number of hydrogen-bond donors (Lipinski definition) is 1. The minimum Gasteiger partial charge on any atom is -0.480 e. The van der Waals surface area contributed by atoms with Crippen LogP contribution in [0.1, 0.15) is 25.8 Å². The molecule has 0 aliphatic carbocycles. The van der Waals surface area contributed by atoms with E-state index in [1.807, 2.05) is 6.92 Å². The molecule has 20 heavy (non-hydrogen) atoms. The number of aliphatic carboxylic acids is 1. The van der Waals surface area contributed by atoms with Gasteiger partial charge in [0.25, 0.3) is 0 Å². The zero-order valence-corrected chi connectivity index (χ0v) is 13.0. The summed E-state index contributed by atoms with van der Waals surface area (Å²) in [6, 6.07) is 3.92. The van der Waals surface area contributed by atoms with Gasteiger partial charge in [-0.15, -0.1) is 0 Å². The fourth-order valence-electron chi connectivity index (χ4n) is 1.80. The summed E-state index contributed by atoms with van der Waals surface area (Å²) in [5.41, 5.74) is 0.508. The highest BCUT2D eigenvalue weighted by atomic mass is 79.9. The molecule has 0 aliphatic rings. The van der Waals surface area contributed by atoms with E-state index in [0.29, 0.717) is 16.5 Å². The van der Waals surface area contributed by atoms with Gasteiger partial charge in [0, 0.05) is 10.5 Å². The average Bonchev–Trinajstić information content (AvgIpc) is 2.39. The first-order valence-electron chi connectivity index (χ1n) is 6.30. The van der Waals surface area contributed by atoms with Crippen LogP contribution in [0.2, 0.25) is 0 Å². The molecule has 1 aromatic carbocycles. The van der Waals surface area contributed by atoms with Gasteiger partial charge in [0.05, 0.1) is 6.42 Å². The number of nitrogens with zero attached hydrogens (tertiary/aromatic N) is 1. The third-order valence-corrected chi connectivity index (χ3v) is 3.87. The van der Waals surface area contributed by atoms with Crippen molar-refractivity contribution in [3.63, 3.8) is 0 Å². The molecule has 0 aliphatic heterocycles. The highest BCUT2D eigenvalue weighted by Gasteiger charge is 2.22. The Bertz CT molecular complexity index is 507. The third-order valence-electron chi connectivity index (χ3n) is 3.10. The molecule has 4 nitrogen and oxygen atoms in total. The fraction of sp³-hybridized carbons (Fsp3) is 0.429. The lowest BCUT2D eigenvalue weighted by molar-refractivity contribution is -0.145. The van der Waals surface area contributed by atoms with Crippen LogP contribution in [-0.4, -0.2) is 34.5 Å². The van der Waals surface area contributed by atoms with Crippen LogP contribution in [0.4, 0.5) is 4.39 Å². The molecule has 0 fully saturated rings. The van der Waals surface area contributed by atoms with Crippen LogP contribution in [0.5, 0.6) is 0 Å². The van der Waals surface area contributed by atoms with Gasteiger partial charge in [-0.2, -0.15) is 0 Å². The summed E-state index contributed by atoms with van der Waals surface area (Å²) in [6.07, 6.45) is 0.624. The molecule has 0 saturated heterocycles. The van der Waals surface area contributed by atoms with E-state index in [2.05, 4.69) is 15.9 Å². The molecule has 6 heteroatoms. The molecule has 1 rings (SSSR count). The van der Waals surface area contributed by atoms with E-state index >= 15 is 0 Å². The van der Waals surface area contributed by atoms with Gasteiger partial charge < -0.3 is 10.0 Å². The number of hydrogen-bond acceptors (Lipinski definition) is 2. The molecule has 110 valence electrons. The Morgan fingerprint density at radius 2 is 2.10 bits per heavy atom. The summed E-state index contributed by atoms with van der Waals surface area (Å²) >= 11 is 3.26. The number of benzene rings is 1. The molecule has 0 spiro atoms. The number of amides is 1. The van der Waals surface area contributed by atoms with Gasteiger partial charge >= 0.3 is 5.97 Å². The van der Waals surface area contributed by atoms with Gasteiger partial charge in [0.1, 0.15) is 12.4 Å². The van der Waals surface area contributed by atoms with Crippen molar-refractivity contribution < 1.29 is 19.1 Å². The van der Waals surface area contributed by atoms with Gasteiger partial charge in [-0.05, 0) is 37.1 Å². The lowest BCUT2D eigenvalue weighted by Crippen LogP contribution is -2.42. The second-order valence-electron chi connectivity index (χ2n) is 4.59. The van der Waals surface area contributed by atoms with E-state index in [1.54, 1.807) is 6.92 Å². The van der Waals surface area contributed by atoms with Crippen molar-refractivity contribution in [2.75, 3.05) is 6.54 Å². The van der Waals surface area contributed by atoms with E-state index in [0.717, 1.165) is 0 Å². The van der Waals surface area contributed by atoms with Gasteiger partial charge in [-0.3, -0.25) is 9.59 Å². The number of carboxylic acids is 1. The van der Waals surface area contributed by atoms with Gasteiger partial charge in [0.2, 0.25) is 5.91 Å². The zero-order chi connectivity index (χ0) is 15.3. The summed E-state index contributed by atoms with van der Waals surface area (Å²) in [5.74, 6) is -1.81. The Morgan fingerprint density at radius 1 is 1.45 bits per heavy atom. The second-order valence-corrected chi connectivity index (χ2v) is 5.44. The maximum atomic E-state index is 13.2. The maximum Gasteiger partial charge on any atom is 0.323 e. The second kappa shape index (κ2) is 7.38. The Balaban J connectivity index is 2.90. The monoisotopic (exact) mass is 345 g/mol. The fourth-order valence-corrected chi connectivity index (χ4v) is 2.19. The van der Waals surface area contributed by atoms with Crippen LogP contribution >= 0.6 is 15.9 Å². The van der Waals surface area contributed by atoms with E-state index < -0.39 is 11.8 Å². The molecule has 0 radical (unpaired) electrons. The normalized spacial score (nSPS) is 12.0. The number of carbonyl (C=O) groups excluding carboxylic acids is 1. The molecule has 1 amide bonds. The van der Waals surface area contributed by atoms with Crippen LogP contribution in [0.3, 0.4) is 0 Å². The smallest absolute Gasteiger partial charge is 0.323 e. The summed E-state index contributed by atoms with van der Waals surface area (Å²) in [5, 5.41) is 8.88.